The van der Waals surface area contributed by atoms with Crippen LogP contribution in [0, 0.1) is 10.1 Å². The third-order valence-electron chi connectivity index (χ3n) is 4.99. The molecule has 2 aromatic carbocycles. The number of hydrogen-bond acceptors (Lipinski definition) is 7. The Morgan fingerprint density at radius 2 is 1.79 bits per heavy atom. The number of carbonyl (C=O) groups excluding carboxylic acids is 1. The molecule has 0 radical (unpaired) electrons. The normalized spacial score (nSPS) is 11.4. The van der Waals surface area contributed by atoms with Crippen molar-refractivity contribution in [3.63, 3.8) is 0 Å². The van der Waals surface area contributed by atoms with Crippen molar-refractivity contribution in [3.8, 4) is 11.4 Å². The van der Waals surface area contributed by atoms with Crippen LogP contribution in [0.4, 0.5) is 11.4 Å². The number of rotatable bonds is 10. The summed E-state index contributed by atoms with van der Waals surface area (Å²) in [5.74, 6) is -0.247. The quantitative estimate of drug-likeness (QED) is 0.341. The maximum atomic E-state index is 12.9. The Labute approximate surface area is 197 Å². The van der Waals surface area contributed by atoms with Gasteiger partial charge in [0.05, 0.1) is 27.8 Å². The number of aromatic nitrogens is 2. The first kappa shape index (κ1) is 24.9. The molecule has 3 aromatic rings. The van der Waals surface area contributed by atoms with Gasteiger partial charge in [0.1, 0.15) is 5.75 Å². The molecule has 0 aliphatic carbocycles. The highest BCUT2D eigenvalue weighted by molar-refractivity contribution is 7.89. The number of carbonyl (C=O) groups is 1. The molecule has 0 spiro atoms. The number of nitro benzene ring substituents is 1. The van der Waals surface area contributed by atoms with Crippen LogP contribution in [-0.2, 0) is 10.0 Å². The molecule has 11 nitrogen and oxygen atoms in total. The van der Waals surface area contributed by atoms with Crippen LogP contribution in [-0.4, -0.2) is 53.0 Å². The van der Waals surface area contributed by atoms with Gasteiger partial charge >= 0.3 is 0 Å². The number of benzene rings is 2. The van der Waals surface area contributed by atoms with Gasteiger partial charge in [-0.3, -0.25) is 14.9 Å². The zero-order valence-corrected chi connectivity index (χ0v) is 19.8. The molecule has 0 unspecified atom stereocenters. The molecular weight excluding hydrogens is 462 g/mol. The van der Waals surface area contributed by atoms with Crippen molar-refractivity contribution in [1.29, 1.82) is 0 Å². The number of nitrogens with one attached hydrogen (secondary N) is 1. The second kappa shape index (κ2) is 10.4. The molecule has 1 heterocycles. The Morgan fingerprint density at radius 3 is 2.38 bits per heavy atom. The van der Waals surface area contributed by atoms with Gasteiger partial charge in [-0.2, -0.15) is 9.40 Å². The van der Waals surface area contributed by atoms with Crippen molar-refractivity contribution < 1.29 is 22.9 Å². The van der Waals surface area contributed by atoms with Crippen molar-refractivity contribution in [2.24, 2.45) is 0 Å². The average Bonchev–Trinajstić information content (AvgIpc) is 3.31. The highest BCUT2D eigenvalue weighted by Gasteiger charge is 2.24. The monoisotopic (exact) mass is 487 g/mol. The van der Waals surface area contributed by atoms with Gasteiger partial charge in [-0.15, -0.1) is 0 Å². The van der Waals surface area contributed by atoms with Gasteiger partial charge in [0.25, 0.3) is 11.6 Å². The van der Waals surface area contributed by atoms with E-state index in [1.165, 1.54) is 57.5 Å². The first-order valence-electron chi connectivity index (χ1n) is 10.6. The van der Waals surface area contributed by atoms with Crippen molar-refractivity contribution in [2.45, 2.75) is 25.7 Å². The zero-order chi connectivity index (χ0) is 24.9. The summed E-state index contributed by atoms with van der Waals surface area (Å²) in [4.78, 5) is 23.2. The van der Waals surface area contributed by atoms with Crippen LogP contribution in [0.3, 0.4) is 0 Å². The van der Waals surface area contributed by atoms with E-state index in [1.807, 2.05) is 0 Å². The number of amides is 1. The highest BCUT2D eigenvalue weighted by Crippen LogP contribution is 2.30. The Hall–Kier alpha value is -3.77. The van der Waals surface area contributed by atoms with Crippen LogP contribution in [0.2, 0.25) is 0 Å². The van der Waals surface area contributed by atoms with E-state index in [0.29, 0.717) is 31.1 Å². The van der Waals surface area contributed by atoms with Crippen molar-refractivity contribution >= 4 is 27.3 Å². The van der Waals surface area contributed by atoms with Crippen LogP contribution in [0.1, 0.15) is 31.3 Å². The predicted octanol–water partition coefficient (Wildman–Crippen LogP) is 3.46. The summed E-state index contributed by atoms with van der Waals surface area (Å²) in [6, 6.07) is 11.5. The fourth-order valence-corrected chi connectivity index (χ4v) is 4.75. The Kier molecular flexibility index (Phi) is 7.64. The van der Waals surface area contributed by atoms with Gasteiger partial charge in [0, 0.05) is 31.4 Å². The topological polar surface area (TPSA) is 137 Å². The Balaban J connectivity index is 1.88. The van der Waals surface area contributed by atoms with Crippen LogP contribution in [0.15, 0.2) is 59.6 Å². The van der Waals surface area contributed by atoms with Gasteiger partial charge < -0.3 is 10.1 Å². The van der Waals surface area contributed by atoms with E-state index in [0.717, 1.165) is 0 Å². The molecule has 0 bridgehead atoms. The Bertz CT molecular complexity index is 1280. The third kappa shape index (κ3) is 5.24. The Morgan fingerprint density at radius 1 is 1.12 bits per heavy atom. The number of nitrogens with zero attached hydrogens (tertiary/aromatic N) is 4. The standard InChI is InChI=1S/C22H25N5O6S/c1-4-25(5-2)34(31,32)18-11-12-21(33-6-3)20(15-18)23-22(28)19-13-14-26(24-19)16-7-9-17(10-8-16)27(29)30/h7-15H,4-6H2,1-3H3,(H,23,28). The molecule has 34 heavy (non-hydrogen) atoms. The van der Waals surface area contributed by atoms with Crippen molar-refractivity contribution in [2.75, 3.05) is 25.0 Å². The van der Waals surface area contributed by atoms with Gasteiger partial charge in [0.2, 0.25) is 10.0 Å². The second-order valence-electron chi connectivity index (χ2n) is 7.05. The summed E-state index contributed by atoms with van der Waals surface area (Å²) in [7, 11) is -3.74. The van der Waals surface area contributed by atoms with E-state index in [2.05, 4.69) is 10.4 Å². The summed E-state index contributed by atoms with van der Waals surface area (Å²) in [5.41, 5.74) is 0.742. The molecule has 180 valence electrons. The first-order chi connectivity index (χ1) is 16.2. The summed E-state index contributed by atoms with van der Waals surface area (Å²) >= 11 is 0. The molecule has 1 N–H and O–H groups in total. The van der Waals surface area contributed by atoms with Gasteiger partial charge in [-0.05, 0) is 43.3 Å². The van der Waals surface area contributed by atoms with Crippen molar-refractivity contribution in [3.05, 3.63) is 70.5 Å². The van der Waals surface area contributed by atoms with Gasteiger partial charge in [0.15, 0.2) is 5.69 Å². The number of sulfonamides is 1. The van der Waals surface area contributed by atoms with E-state index in [1.54, 1.807) is 27.0 Å². The third-order valence-corrected chi connectivity index (χ3v) is 7.03. The van der Waals surface area contributed by atoms with Crippen LogP contribution < -0.4 is 10.1 Å². The van der Waals surface area contributed by atoms with Gasteiger partial charge in [-0.1, -0.05) is 13.8 Å². The SMILES string of the molecule is CCOc1ccc(S(=O)(=O)N(CC)CC)cc1NC(=O)c1ccn(-c2ccc([N+](=O)[O-])cc2)n1. The number of nitro groups is 1. The molecule has 0 aliphatic heterocycles. The minimum atomic E-state index is -3.74. The van der Waals surface area contributed by atoms with Crippen LogP contribution >= 0.6 is 0 Å². The molecule has 1 amide bonds. The number of anilines is 1. The molecule has 1 aromatic heterocycles. The smallest absolute Gasteiger partial charge is 0.276 e. The summed E-state index contributed by atoms with van der Waals surface area (Å²) in [6.07, 6.45) is 1.54. The van der Waals surface area contributed by atoms with E-state index in [4.69, 9.17) is 4.74 Å². The minimum absolute atomic E-state index is 0.0337. The van der Waals surface area contributed by atoms with E-state index < -0.39 is 20.9 Å². The highest BCUT2D eigenvalue weighted by atomic mass is 32.2. The van der Waals surface area contributed by atoms with Crippen molar-refractivity contribution in [1.82, 2.24) is 14.1 Å². The lowest BCUT2D eigenvalue weighted by atomic mass is 10.2. The van der Waals surface area contributed by atoms with E-state index >= 15 is 0 Å². The van der Waals surface area contributed by atoms with E-state index in [-0.39, 0.29) is 22.0 Å². The minimum Gasteiger partial charge on any atom is -0.492 e. The fourth-order valence-electron chi connectivity index (χ4n) is 3.26. The lowest BCUT2D eigenvalue weighted by Gasteiger charge is -2.20. The lowest BCUT2D eigenvalue weighted by molar-refractivity contribution is -0.384. The maximum absolute atomic E-state index is 12.9. The summed E-state index contributed by atoms with van der Waals surface area (Å²) < 4.78 is 34.1. The average molecular weight is 488 g/mol. The second-order valence-corrected chi connectivity index (χ2v) is 8.99. The molecule has 0 aliphatic rings. The number of ether oxygens (including phenoxy) is 1. The molecule has 0 saturated heterocycles. The lowest BCUT2D eigenvalue weighted by Crippen LogP contribution is -2.30. The predicted molar refractivity (Wildman–Crippen MR) is 126 cm³/mol. The number of non-ortho nitro benzene ring substituents is 1. The molecule has 3 rings (SSSR count). The van der Waals surface area contributed by atoms with Crippen LogP contribution in [0.25, 0.3) is 5.69 Å². The summed E-state index contributed by atoms with van der Waals surface area (Å²) in [5, 5.41) is 17.7. The summed E-state index contributed by atoms with van der Waals surface area (Å²) in [6.45, 7) is 6.22. The largest absolute Gasteiger partial charge is 0.492 e. The van der Waals surface area contributed by atoms with E-state index in [9.17, 15) is 23.3 Å². The molecule has 12 heteroatoms. The van der Waals surface area contributed by atoms with Crippen LogP contribution in [0.5, 0.6) is 5.75 Å². The fraction of sp³-hybridized carbons (Fsp3) is 0.273. The molecule has 0 fully saturated rings. The first-order valence-corrected chi connectivity index (χ1v) is 12.0. The maximum Gasteiger partial charge on any atom is 0.276 e. The molecule has 0 atom stereocenters. The molecular formula is C22H25N5O6S. The molecule has 0 saturated carbocycles. The van der Waals surface area contributed by atoms with Gasteiger partial charge in [-0.25, -0.2) is 13.1 Å². The zero-order valence-electron chi connectivity index (χ0n) is 19.0. The number of hydrogen-bond donors (Lipinski definition) is 1.